The molecule has 3 heterocycles. The molecule has 9 heteroatoms. The van der Waals surface area contributed by atoms with Crippen molar-refractivity contribution in [3.63, 3.8) is 0 Å². The summed E-state index contributed by atoms with van der Waals surface area (Å²) >= 11 is 1.44. The maximum atomic E-state index is 13.6. The third kappa shape index (κ3) is 5.15. The van der Waals surface area contributed by atoms with Crippen molar-refractivity contribution in [1.82, 2.24) is 25.1 Å². The fraction of sp³-hybridized carbons (Fsp3) is 0.0769. The first-order valence-electron chi connectivity index (χ1n) is 10.8. The number of amides is 1. The lowest BCUT2D eigenvalue weighted by Gasteiger charge is -2.12. The minimum Gasteiger partial charge on any atom is -0.467 e. The number of benzene rings is 2. The van der Waals surface area contributed by atoms with Crippen LogP contribution in [0.4, 0.5) is 4.39 Å². The molecular weight excluding hydrogens is 465 g/mol. The van der Waals surface area contributed by atoms with Crippen LogP contribution in [-0.2, 0) is 12.3 Å². The molecule has 0 saturated carbocycles. The zero-order valence-electron chi connectivity index (χ0n) is 18.5. The van der Waals surface area contributed by atoms with Crippen molar-refractivity contribution in [3.05, 3.63) is 114 Å². The van der Waals surface area contributed by atoms with Crippen LogP contribution in [0, 0.1) is 5.82 Å². The van der Waals surface area contributed by atoms with Gasteiger partial charge in [-0.1, -0.05) is 30.0 Å². The molecule has 5 rings (SSSR count). The van der Waals surface area contributed by atoms with E-state index in [4.69, 9.17) is 4.42 Å². The molecule has 5 aromatic rings. The number of thioether (sulfide) groups is 1. The second-order valence-corrected chi connectivity index (χ2v) is 8.50. The molecule has 0 aliphatic heterocycles. The van der Waals surface area contributed by atoms with Crippen LogP contribution in [0.25, 0.3) is 17.1 Å². The number of halogens is 1. The molecule has 7 nitrogen and oxygen atoms in total. The summed E-state index contributed by atoms with van der Waals surface area (Å²) in [4.78, 5) is 16.9. The molecule has 0 aliphatic carbocycles. The average molecular weight is 486 g/mol. The van der Waals surface area contributed by atoms with Crippen LogP contribution in [-0.4, -0.2) is 25.7 Å². The number of pyridine rings is 1. The standard InChI is InChI=1S/C26H20FN5O2S/c27-20-7-9-21(10-8-20)32-24(18-11-13-28-14-12-18)30-31-26(32)35-17-19-4-1-2-6-23(19)25(33)29-16-22-5-3-15-34-22/h1-15H,16-17H2,(H,29,33). The summed E-state index contributed by atoms with van der Waals surface area (Å²) in [5.74, 6) is 1.28. The van der Waals surface area contributed by atoms with Crippen molar-refractivity contribution in [2.24, 2.45) is 0 Å². The maximum Gasteiger partial charge on any atom is 0.251 e. The Labute approximate surface area is 205 Å². The van der Waals surface area contributed by atoms with Crippen molar-refractivity contribution < 1.29 is 13.6 Å². The summed E-state index contributed by atoms with van der Waals surface area (Å²) in [6.45, 7) is 0.307. The van der Waals surface area contributed by atoms with Crippen molar-refractivity contribution in [2.75, 3.05) is 0 Å². The second-order valence-electron chi connectivity index (χ2n) is 7.56. The van der Waals surface area contributed by atoms with E-state index in [1.54, 1.807) is 42.9 Å². The second kappa shape index (κ2) is 10.4. The van der Waals surface area contributed by atoms with Gasteiger partial charge in [-0.25, -0.2) is 4.39 Å². The fourth-order valence-electron chi connectivity index (χ4n) is 3.56. The monoisotopic (exact) mass is 485 g/mol. The number of hydrogen-bond donors (Lipinski definition) is 1. The van der Waals surface area contributed by atoms with E-state index in [1.165, 1.54) is 23.9 Å². The largest absolute Gasteiger partial charge is 0.467 e. The van der Waals surface area contributed by atoms with Gasteiger partial charge in [-0.05, 0) is 60.2 Å². The zero-order valence-corrected chi connectivity index (χ0v) is 19.3. The molecule has 0 atom stereocenters. The van der Waals surface area contributed by atoms with Gasteiger partial charge in [0, 0.05) is 35.0 Å². The Balaban J connectivity index is 1.41. The van der Waals surface area contributed by atoms with Crippen molar-refractivity contribution in [1.29, 1.82) is 0 Å². The number of furan rings is 1. The molecule has 2 aromatic carbocycles. The molecule has 1 amide bonds. The van der Waals surface area contributed by atoms with Gasteiger partial charge in [-0.2, -0.15) is 0 Å². The van der Waals surface area contributed by atoms with E-state index in [9.17, 15) is 9.18 Å². The number of rotatable bonds is 8. The Morgan fingerprint density at radius 2 is 1.77 bits per heavy atom. The summed E-state index contributed by atoms with van der Waals surface area (Å²) in [6, 6.07) is 20.9. The van der Waals surface area contributed by atoms with E-state index in [1.807, 2.05) is 41.0 Å². The van der Waals surface area contributed by atoms with Gasteiger partial charge in [0.05, 0.1) is 12.8 Å². The molecule has 1 N–H and O–H groups in total. The predicted molar refractivity (Wildman–Crippen MR) is 130 cm³/mol. The smallest absolute Gasteiger partial charge is 0.251 e. The van der Waals surface area contributed by atoms with E-state index in [0.717, 1.165) is 16.8 Å². The van der Waals surface area contributed by atoms with E-state index < -0.39 is 0 Å². The third-order valence-electron chi connectivity index (χ3n) is 5.28. The van der Waals surface area contributed by atoms with Gasteiger partial charge >= 0.3 is 0 Å². The highest BCUT2D eigenvalue weighted by Crippen LogP contribution is 2.30. The van der Waals surface area contributed by atoms with Crippen LogP contribution < -0.4 is 5.32 Å². The lowest BCUT2D eigenvalue weighted by Crippen LogP contribution is -2.23. The topological polar surface area (TPSA) is 85.8 Å². The Morgan fingerprint density at radius 1 is 0.971 bits per heavy atom. The Hall–Kier alpha value is -4.24. The minimum absolute atomic E-state index is 0.185. The fourth-order valence-corrected chi connectivity index (χ4v) is 4.52. The highest BCUT2D eigenvalue weighted by molar-refractivity contribution is 7.98. The normalized spacial score (nSPS) is 10.9. The Bertz CT molecular complexity index is 1420. The van der Waals surface area contributed by atoms with Gasteiger partial charge in [0.25, 0.3) is 5.91 Å². The zero-order chi connectivity index (χ0) is 24.0. The molecule has 0 radical (unpaired) electrons. The molecule has 0 unspecified atom stereocenters. The summed E-state index contributed by atoms with van der Waals surface area (Å²) in [6.07, 6.45) is 4.94. The average Bonchev–Trinajstić information content (AvgIpc) is 3.57. The van der Waals surface area contributed by atoms with Gasteiger partial charge in [0.2, 0.25) is 0 Å². The van der Waals surface area contributed by atoms with Crippen LogP contribution in [0.15, 0.2) is 101 Å². The molecule has 0 bridgehead atoms. The van der Waals surface area contributed by atoms with Gasteiger partial charge in [0.15, 0.2) is 11.0 Å². The quantitative estimate of drug-likeness (QED) is 0.301. The molecule has 174 valence electrons. The summed E-state index contributed by atoms with van der Waals surface area (Å²) in [7, 11) is 0. The lowest BCUT2D eigenvalue weighted by atomic mass is 10.1. The number of nitrogens with zero attached hydrogens (tertiary/aromatic N) is 4. The molecule has 0 spiro atoms. The van der Waals surface area contributed by atoms with E-state index in [0.29, 0.717) is 34.6 Å². The maximum absolute atomic E-state index is 13.6. The molecule has 0 fully saturated rings. The van der Waals surface area contributed by atoms with E-state index in [-0.39, 0.29) is 11.7 Å². The number of aromatic nitrogens is 4. The van der Waals surface area contributed by atoms with Crippen molar-refractivity contribution in [3.8, 4) is 17.1 Å². The molecule has 35 heavy (non-hydrogen) atoms. The van der Waals surface area contributed by atoms with Crippen LogP contribution >= 0.6 is 11.8 Å². The minimum atomic E-state index is -0.323. The first-order valence-corrected chi connectivity index (χ1v) is 11.8. The Kier molecular flexibility index (Phi) is 6.67. The highest BCUT2D eigenvalue weighted by atomic mass is 32.2. The van der Waals surface area contributed by atoms with Gasteiger partial charge in [-0.15, -0.1) is 10.2 Å². The lowest BCUT2D eigenvalue weighted by molar-refractivity contribution is 0.0947. The summed E-state index contributed by atoms with van der Waals surface area (Å²) < 4.78 is 20.8. The van der Waals surface area contributed by atoms with Crippen molar-refractivity contribution >= 4 is 17.7 Å². The van der Waals surface area contributed by atoms with Gasteiger partial charge in [0.1, 0.15) is 11.6 Å². The number of hydrogen-bond acceptors (Lipinski definition) is 6. The summed E-state index contributed by atoms with van der Waals surface area (Å²) in [5, 5.41) is 12.3. The summed E-state index contributed by atoms with van der Waals surface area (Å²) in [5.41, 5.74) is 3.00. The molecular formula is C26H20FN5O2S. The number of carbonyl (C=O) groups is 1. The van der Waals surface area contributed by atoms with Crippen LogP contribution in [0.5, 0.6) is 0 Å². The third-order valence-corrected chi connectivity index (χ3v) is 6.26. The van der Waals surface area contributed by atoms with E-state index >= 15 is 0 Å². The first kappa shape index (κ1) is 22.5. The Morgan fingerprint density at radius 3 is 2.54 bits per heavy atom. The van der Waals surface area contributed by atoms with Crippen LogP contribution in [0.1, 0.15) is 21.7 Å². The molecule has 0 aliphatic rings. The SMILES string of the molecule is O=C(NCc1ccco1)c1ccccc1CSc1nnc(-c2ccncc2)n1-c1ccc(F)cc1. The first-order chi connectivity index (χ1) is 17.2. The number of nitrogens with one attached hydrogen (secondary N) is 1. The van der Waals surface area contributed by atoms with Crippen LogP contribution in [0.3, 0.4) is 0 Å². The molecule has 0 saturated heterocycles. The predicted octanol–water partition coefficient (Wildman–Crippen LogP) is 5.28. The van der Waals surface area contributed by atoms with Gasteiger partial charge < -0.3 is 9.73 Å². The van der Waals surface area contributed by atoms with Crippen molar-refractivity contribution in [2.45, 2.75) is 17.5 Å². The highest BCUT2D eigenvalue weighted by Gasteiger charge is 2.18. The van der Waals surface area contributed by atoms with Gasteiger partial charge in [-0.3, -0.25) is 14.3 Å². The molecule has 3 aromatic heterocycles. The number of carbonyl (C=O) groups excluding carboxylic acids is 1. The van der Waals surface area contributed by atoms with Crippen LogP contribution in [0.2, 0.25) is 0 Å². The van der Waals surface area contributed by atoms with E-state index in [2.05, 4.69) is 20.5 Å².